The number of benzene rings is 1. The first-order chi connectivity index (χ1) is 13.8. The Morgan fingerprint density at radius 2 is 1.83 bits per heavy atom. The highest BCUT2D eigenvalue weighted by atomic mass is 35.5. The van der Waals surface area contributed by atoms with Crippen LogP contribution in [0.25, 0.3) is 11.3 Å². The quantitative estimate of drug-likeness (QED) is 0.498. The van der Waals surface area contributed by atoms with Crippen LogP contribution in [0.2, 0.25) is 5.02 Å². The Kier molecular flexibility index (Phi) is 6.22. The fourth-order valence-electron chi connectivity index (χ4n) is 2.58. The maximum Gasteiger partial charge on any atom is 0.418 e. The summed E-state index contributed by atoms with van der Waals surface area (Å²) in [4.78, 5) is 12.8. The number of rotatable bonds is 6. The SMILES string of the molecule is CC[C@H](C)Nc1nc(Nc2c(Cl)cccc2C(F)(F)F)cc(-c2ccncc2)n1. The molecule has 2 heterocycles. The van der Waals surface area contributed by atoms with E-state index in [9.17, 15) is 13.2 Å². The maximum atomic E-state index is 13.4. The Morgan fingerprint density at radius 3 is 2.48 bits per heavy atom. The Morgan fingerprint density at radius 1 is 1.10 bits per heavy atom. The average Bonchev–Trinajstić information content (AvgIpc) is 2.69. The van der Waals surface area contributed by atoms with Gasteiger partial charge in [0.1, 0.15) is 5.82 Å². The van der Waals surface area contributed by atoms with Gasteiger partial charge in [0, 0.05) is 30.1 Å². The molecule has 9 heteroatoms. The zero-order valence-electron chi connectivity index (χ0n) is 15.8. The highest BCUT2D eigenvalue weighted by Gasteiger charge is 2.34. The number of alkyl halides is 3. The molecule has 1 atom stereocenters. The molecule has 0 fully saturated rings. The van der Waals surface area contributed by atoms with Crippen LogP contribution in [-0.4, -0.2) is 21.0 Å². The third-order valence-corrected chi connectivity index (χ3v) is 4.58. The van der Waals surface area contributed by atoms with Gasteiger partial charge >= 0.3 is 6.18 Å². The average molecular weight is 422 g/mol. The number of anilines is 3. The van der Waals surface area contributed by atoms with Crippen molar-refractivity contribution in [1.29, 1.82) is 0 Å². The lowest BCUT2D eigenvalue weighted by Crippen LogP contribution is -2.16. The summed E-state index contributed by atoms with van der Waals surface area (Å²) in [5.74, 6) is 0.494. The number of hydrogen-bond donors (Lipinski definition) is 2. The Bertz CT molecular complexity index is 980. The molecule has 0 radical (unpaired) electrons. The molecule has 29 heavy (non-hydrogen) atoms. The van der Waals surface area contributed by atoms with E-state index in [1.165, 1.54) is 12.1 Å². The summed E-state index contributed by atoms with van der Waals surface area (Å²) in [6.45, 7) is 3.97. The zero-order chi connectivity index (χ0) is 21.0. The number of nitrogens with zero attached hydrogens (tertiary/aromatic N) is 3. The molecule has 1 aromatic carbocycles. The molecule has 0 aliphatic heterocycles. The van der Waals surface area contributed by atoms with Crippen molar-refractivity contribution in [1.82, 2.24) is 15.0 Å². The Balaban J connectivity index is 2.07. The molecule has 0 saturated heterocycles. The van der Waals surface area contributed by atoms with Crippen LogP contribution in [-0.2, 0) is 6.18 Å². The first-order valence-electron chi connectivity index (χ1n) is 8.96. The second-order valence-electron chi connectivity index (χ2n) is 6.44. The third-order valence-electron chi connectivity index (χ3n) is 4.26. The second kappa shape index (κ2) is 8.65. The summed E-state index contributed by atoms with van der Waals surface area (Å²) in [5.41, 5.74) is 0.171. The third kappa shape index (κ3) is 5.14. The van der Waals surface area contributed by atoms with Crippen LogP contribution in [0, 0.1) is 0 Å². The summed E-state index contributed by atoms with van der Waals surface area (Å²) in [6, 6.07) is 8.79. The fraction of sp³-hybridized carbons (Fsp3) is 0.250. The van der Waals surface area contributed by atoms with E-state index in [1.807, 2.05) is 13.8 Å². The number of halogens is 4. The molecule has 5 nitrogen and oxygen atoms in total. The van der Waals surface area contributed by atoms with E-state index >= 15 is 0 Å². The number of pyridine rings is 1. The molecular weight excluding hydrogens is 403 g/mol. The van der Waals surface area contributed by atoms with E-state index in [0.717, 1.165) is 18.1 Å². The maximum absolute atomic E-state index is 13.4. The number of aromatic nitrogens is 3. The van der Waals surface area contributed by atoms with Gasteiger partial charge in [-0.1, -0.05) is 24.6 Å². The van der Waals surface area contributed by atoms with Crippen molar-refractivity contribution in [3.05, 3.63) is 59.4 Å². The number of nitrogens with one attached hydrogen (secondary N) is 2. The van der Waals surface area contributed by atoms with E-state index in [-0.39, 0.29) is 22.6 Å². The van der Waals surface area contributed by atoms with Crippen LogP contribution in [0.4, 0.5) is 30.6 Å². The van der Waals surface area contributed by atoms with Crippen LogP contribution in [0.15, 0.2) is 48.8 Å². The van der Waals surface area contributed by atoms with Crippen LogP contribution in [0.3, 0.4) is 0 Å². The van der Waals surface area contributed by atoms with Crippen LogP contribution < -0.4 is 10.6 Å². The summed E-state index contributed by atoms with van der Waals surface area (Å²) in [6.07, 6.45) is -0.509. The van der Waals surface area contributed by atoms with E-state index in [2.05, 4.69) is 25.6 Å². The molecule has 3 aromatic rings. The highest BCUT2D eigenvalue weighted by Crippen LogP contribution is 2.40. The molecule has 2 aromatic heterocycles. The molecule has 0 saturated carbocycles. The highest BCUT2D eigenvalue weighted by molar-refractivity contribution is 6.33. The van der Waals surface area contributed by atoms with Crippen LogP contribution >= 0.6 is 11.6 Å². The van der Waals surface area contributed by atoms with Crippen molar-refractivity contribution >= 4 is 29.1 Å². The van der Waals surface area contributed by atoms with Crippen LogP contribution in [0.1, 0.15) is 25.8 Å². The van der Waals surface area contributed by atoms with Crippen molar-refractivity contribution in [3.8, 4) is 11.3 Å². The van der Waals surface area contributed by atoms with Gasteiger partial charge < -0.3 is 10.6 Å². The number of hydrogen-bond acceptors (Lipinski definition) is 5. The van der Waals surface area contributed by atoms with Gasteiger partial charge in [-0.25, -0.2) is 4.98 Å². The van der Waals surface area contributed by atoms with Gasteiger partial charge in [0.25, 0.3) is 0 Å². The van der Waals surface area contributed by atoms with Crippen molar-refractivity contribution < 1.29 is 13.2 Å². The van der Waals surface area contributed by atoms with Gasteiger partial charge in [0.05, 0.1) is 22.0 Å². The molecule has 0 spiro atoms. The van der Waals surface area contributed by atoms with Gasteiger partial charge in [-0.15, -0.1) is 0 Å². The minimum atomic E-state index is -4.56. The van der Waals surface area contributed by atoms with Crippen molar-refractivity contribution in [2.24, 2.45) is 0 Å². The smallest absolute Gasteiger partial charge is 0.352 e. The lowest BCUT2D eigenvalue weighted by Gasteiger charge is -2.17. The van der Waals surface area contributed by atoms with Crippen LogP contribution in [0.5, 0.6) is 0 Å². The van der Waals surface area contributed by atoms with Gasteiger partial charge in [0.2, 0.25) is 5.95 Å². The van der Waals surface area contributed by atoms with E-state index in [4.69, 9.17) is 11.6 Å². The lowest BCUT2D eigenvalue weighted by molar-refractivity contribution is -0.136. The summed E-state index contributed by atoms with van der Waals surface area (Å²) < 4.78 is 40.3. The van der Waals surface area contributed by atoms with E-state index in [1.54, 1.807) is 30.6 Å². The molecule has 0 aliphatic carbocycles. The van der Waals surface area contributed by atoms with E-state index in [0.29, 0.717) is 11.6 Å². The normalized spacial score (nSPS) is 12.5. The Hall–Kier alpha value is -2.87. The zero-order valence-corrected chi connectivity index (χ0v) is 16.5. The molecule has 0 aliphatic rings. The van der Waals surface area contributed by atoms with Gasteiger partial charge in [-0.3, -0.25) is 4.98 Å². The summed E-state index contributed by atoms with van der Waals surface area (Å²) in [5, 5.41) is 5.83. The predicted octanol–water partition coefficient (Wildman–Crippen LogP) is 6.16. The largest absolute Gasteiger partial charge is 0.418 e. The van der Waals surface area contributed by atoms with Crippen molar-refractivity contribution in [2.75, 3.05) is 10.6 Å². The van der Waals surface area contributed by atoms with Gasteiger partial charge in [-0.2, -0.15) is 18.2 Å². The molecule has 3 rings (SSSR count). The minimum absolute atomic E-state index is 0.0552. The summed E-state index contributed by atoms with van der Waals surface area (Å²) in [7, 11) is 0. The van der Waals surface area contributed by atoms with E-state index < -0.39 is 11.7 Å². The molecule has 0 amide bonds. The predicted molar refractivity (Wildman–Crippen MR) is 108 cm³/mol. The minimum Gasteiger partial charge on any atom is -0.352 e. The summed E-state index contributed by atoms with van der Waals surface area (Å²) >= 11 is 6.06. The molecular formula is C20H19ClF3N5. The lowest BCUT2D eigenvalue weighted by atomic mass is 10.1. The molecule has 2 N–H and O–H groups in total. The first-order valence-corrected chi connectivity index (χ1v) is 9.34. The van der Waals surface area contributed by atoms with Gasteiger partial charge in [0.15, 0.2) is 0 Å². The molecule has 152 valence electrons. The molecule has 0 unspecified atom stereocenters. The Labute approximate surface area is 171 Å². The number of para-hydroxylation sites is 1. The fourth-order valence-corrected chi connectivity index (χ4v) is 2.81. The second-order valence-corrected chi connectivity index (χ2v) is 6.84. The first kappa shape index (κ1) is 20.9. The topological polar surface area (TPSA) is 62.7 Å². The van der Waals surface area contributed by atoms with Crippen molar-refractivity contribution in [3.63, 3.8) is 0 Å². The molecule has 0 bridgehead atoms. The van der Waals surface area contributed by atoms with Crippen molar-refractivity contribution in [2.45, 2.75) is 32.5 Å². The standard InChI is InChI=1S/C20H19ClF3N5/c1-3-12(2)26-19-27-16(13-7-9-25-10-8-13)11-17(29-19)28-18-14(20(22,23)24)5-4-6-15(18)21/h4-12H,3H2,1-2H3,(H2,26,27,28,29)/t12-/m0/s1. The monoisotopic (exact) mass is 421 g/mol. The van der Waals surface area contributed by atoms with Gasteiger partial charge in [-0.05, 0) is 37.6 Å².